The summed E-state index contributed by atoms with van der Waals surface area (Å²) in [6.07, 6.45) is 2.08. The number of nitrogens with one attached hydrogen (secondary N) is 1. The number of para-hydroxylation sites is 1. The van der Waals surface area contributed by atoms with Crippen LogP contribution >= 0.6 is 0 Å². The molecule has 1 N–H and O–H groups in total. The van der Waals surface area contributed by atoms with Gasteiger partial charge in [-0.05, 0) is 36.5 Å². The highest BCUT2D eigenvalue weighted by Gasteiger charge is 2.32. The fourth-order valence-corrected chi connectivity index (χ4v) is 3.99. The number of benzene rings is 2. The number of morpholine rings is 1. The normalized spacial score (nSPS) is 18.2. The van der Waals surface area contributed by atoms with Crippen LogP contribution in [0.4, 0.5) is 4.79 Å². The molecule has 1 aliphatic carbocycles. The number of nitrogens with zero attached hydrogens (tertiary/aromatic N) is 2. The predicted octanol–water partition coefficient (Wildman–Crippen LogP) is 3.16. The van der Waals surface area contributed by atoms with Crippen molar-refractivity contribution >= 4 is 11.9 Å². The molecule has 7 heteroatoms. The number of rotatable bonds is 8. The van der Waals surface area contributed by atoms with E-state index in [1.165, 1.54) is 0 Å². The average Bonchev–Trinajstić information content (AvgIpc) is 3.66. The monoisotopic (exact) mass is 437 g/mol. The lowest BCUT2D eigenvalue weighted by Gasteiger charge is -2.36. The zero-order valence-electron chi connectivity index (χ0n) is 18.5. The molecule has 0 aromatic heterocycles. The van der Waals surface area contributed by atoms with Gasteiger partial charge in [-0.2, -0.15) is 0 Å². The largest absolute Gasteiger partial charge is 0.496 e. The molecule has 0 radical (unpaired) electrons. The molecule has 1 saturated heterocycles. The van der Waals surface area contributed by atoms with Crippen LogP contribution < -0.4 is 10.1 Å². The molecule has 1 heterocycles. The first-order valence-corrected chi connectivity index (χ1v) is 11.2. The molecule has 0 unspecified atom stereocenters. The Morgan fingerprint density at radius 3 is 2.59 bits per heavy atom. The molecular weight excluding hydrogens is 406 g/mol. The van der Waals surface area contributed by atoms with Crippen molar-refractivity contribution in [3.8, 4) is 5.75 Å². The summed E-state index contributed by atoms with van der Waals surface area (Å²) in [6.45, 7) is 3.11. The van der Waals surface area contributed by atoms with E-state index in [0.29, 0.717) is 56.6 Å². The molecule has 1 atom stereocenters. The first-order chi connectivity index (χ1) is 15.6. The van der Waals surface area contributed by atoms with Crippen molar-refractivity contribution in [2.75, 3.05) is 39.9 Å². The molecular formula is C25H31N3O4. The smallest absolute Gasteiger partial charge is 0.317 e. The van der Waals surface area contributed by atoms with Crippen molar-refractivity contribution in [2.45, 2.75) is 25.5 Å². The highest BCUT2D eigenvalue weighted by molar-refractivity contribution is 5.97. The van der Waals surface area contributed by atoms with E-state index < -0.39 is 0 Å². The van der Waals surface area contributed by atoms with E-state index in [1.807, 2.05) is 47.4 Å². The van der Waals surface area contributed by atoms with E-state index >= 15 is 0 Å². The van der Waals surface area contributed by atoms with Gasteiger partial charge in [-0.25, -0.2) is 4.79 Å². The molecule has 170 valence electrons. The Balaban J connectivity index is 1.37. The molecule has 0 bridgehead atoms. The first-order valence-electron chi connectivity index (χ1n) is 11.2. The van der Waals surface area contributed by atoms with Gasteiger partial charge in [0.2, 0.25) is 0 Å². The van der Waals surface area contributed by atoms with Crippen LogP contribution in [0.5, 0.6) is 5.75 Å². The maximum Gasteiger partial charge on any atom is 0.317 e. The van der Waals surface area contributed by atoms with Gasteiger partial charge >= 0.3 is 6.03 Å². The summed E-state index contributed by atoms with van der Waals surface area (Å²) in [5, 5.41) is 2.98. The number of hydrogen-bond donors (Lipinski definition) is 1. The minimum absolute atomic E-state index is 0.0522. The summed E-state index contributed by atoms with van der Waals surface area (Å²) in [6, 6.07) is 17.1. The molecule has 3 amide bonds. The van der Waals surface area contributed by atoms with Crippen LogP contribution in [0.15, 0.2) is 54.6 Å². The number of amides is 3. The summed E-state index contributed by atoms with van der Waals surface area (Å²) < 4.78 is 11.3. The third kappa shape index (κ3) is 5.79. The van der Waals surface area contributed by atoms with Crippen LogP contribution in [-0.2, 0) is 11.3 Å². The van der Waals surface area contributed by atoms with E-state index in [4.69, 9.17) is 9.47 Å². The van der Waals surface area contributed by atoms with Crippen molar-refractivity contribution in [1.29, 1.82) is 0 Å². The van der Waals surface area contributed by atoms with E-state index in [2.05, 4.69) is 5.32 Å². The second kappa shape index (κ2) is 10.5. The summed E-state index contributed by atoms with van der Waals surface area (Å²) in [4.78, 5) is 29.7. The van der Waals surface area contributed by atoms with Gasteiger partial charge in [0, 0.05) is 26.2 Å². The molecule has 2 aromatic rings. The van der Waals surface area contributed by atoms with E-state index in [9.17, 15) is 9.59 Å². The lowest BCUT2D eigenvalue weighted by molar-refractivity contribution is -0.0282. The van der Waals surface area contributed by atoms with Crippen LogP contribution in [0, 0.1) is 5.92 Å². The summed E-state index contributed by atoms with van der Waals surface area (Å²) in [5.41, 5.74) is 1.62. The first kappa shape index (κ1) is 22.1. The Morgan fingerprint density at radius 2 is 1.84 bits per heavy atom. The minimum Gasteiger partial charge on any atom is -0.496 e. The van der Waals surface area contributed by atoms with Gasteiger partial charge in [-0.1, -0.05) is 42.5 Å². The van der Waals surface area contributed by atoms with Crippen LogP contribution in [0.2, 0.25) is 0 Å². The molecule has 1 saturated carbocycles. The Hall–Kier alpha value is -3.06. The van der Waals surface area contributed by atoms with Crippen molar-refractivity contribution in [1.82, 2.24) is 15.1 Å². The maximum absolute atomic E-state index is 13.3. The Morgan fingerprint density at radius 1 is 1.09 bits per heavy atom. The van der Waals surface area contributed by atoms with Gasteiger partial charge in [0.15, 0.2) is 0 Å². The molecule has 0 spiro atoms. The fourth-order valence-electron chi connectivity index (χ4n) is 3.99. The zero-order valence-corrected chi connectivity index (χ0v) is 18.5. The van der Waals surface area contributed by atoms with Crippen molar-refractivity contribution in [3.63, 3.8) is 0 Å². The lowest BCUT2D eigenvalue weighted by Crippen LogP contribution is -2.53. The Kier molecular flexibility index (Phi) is 7.27. The molecule has 2 fully saturated rings. The Bertz CT molecular complexity index is 916. The summed E-state index contributed by atoms with van der Waals surface area (Å²) in [7, 11) is 1.58. The van der Waals surface area contributed by atoms with Gasteiger partial charge in [0.05, 0.1) is 31.9 Å². The molecule has 4 rings (SSSR count). The molecule has 2 aromatic carbocycles. The summed E-state index contributed by atoms with van der Waals surface area (Å²) in [5.74, 6) is 1.07. The molecule has 2 aliphatic rings. The van der Waals surface area contributed by atoms with Crippen LogP contribution in [0.25, 0.3) is 0 Å². The highest BCUT2D eigenvalue weighted by atomic mass is 16.5. The van der Waals surface area contributed by atoms with Crippen LogP contribution in [-0.4, -0.2) is 67.7 Å². The quantitative estimate of drug-likeness (QED) is 0.689. The summed E-state index contributed by atoms with van der Waals surface area (Å²) >= 11 is 0. The second-order valence-corrected chi connectivity index (χ2v) is 8.44. The Labute approximate surface area is 189 Å². The number of ether oxygens (including phenoxy) is 2. The molecule has 1 aliphatic heterocycles. The van der Waals surface area contributed by atoms with Gasteiger partial charge in [0.1, 0.15) is 5.75 Å². The van der Waals surface area contributed by atoms with Crippen molar-refractivity contribution in [2.24, 2.45) is 5.92 Å². The maximum atomic E-state index is 13.3. The zero-order chi connectivity index (χ0) is 22.3. The second-order valence-electron chi connectivity index (χ2n) is 8.44. The average molecular weight is 438 g/mol. The number of carbonyl (C=O) groups is 2. The highest BCUT2D eigenvalue weighted by Crippen LogP contribution is 2.31. The lowest BCUT2D eigenvalue weighted by atomic mass is 10.1. The van der Waals surface area contributed by atoms with E-state index in [1.54, 1.807) is 24.1 Å². The van der Waals surface area contributed by atoms with E-state index in [0.717, 1.165) is 18.4 Å². The molecule has 32 heavy (non-hydrogen) atoms. The standard InChI is InChI=1S/C25H31N3O4/c1-31-23-10-6-5-9-22(23)24(29)28(16-20-11-12-20)18-21-17-27(13-14-32-21)25(30)26-15-19-7-3-2-4-8-19/h2-10,20-21H,11-18H2,1H3,(H,26,30)/t21-/m1/s1. The SMILES string of the molecule is COc1ccccc1C(=O)N(CC1CC1)C[C@H]1CN(C(=O)NCc2ccccc2)CCO1. The number of urea groups is 1. The third-order valence-corrected chi connectivity index (χ3v) is 5.94. The van der Waals surface area contributed by atoms with Crippen LogP contribution in [0.3, 0.4) is 0 Å². The fraction of sp³-hybridized carbons (Fsp3) is 0.440. The van der Waals surface area contributed by atoms with Gasteiger partial charge in [-0.15, -0.1) is 0 Å². The van der Waals surface area contributed by atoms with Gasteiger partial charge in [0.25, 0.3) is 5.91 Å². The molecule has 7 nitrogen and oxygen atoms in total. The van der Waals surface area contributed by atoms with Gasteiger partial charge < -0.3 is 24.6 Å². The number of methoxy groups -OCH3 is 1. The van der Waals surface area contributed by atoms with Gasteiger partial charge in [-0.3, -0.25) is 4.79 Å². The predicted molar refractivity (Wildman–Crippen MR) is 122 cm³/mol. The minimum atomic E-state index is -0.219. The number of carbonyl (C=O) groups excluding carboxylic acids is 2. The van der Waals surface area contributed by atoms with Crippen molar-refractivity contribution in [3.05, 3.63) is 65.7 Å². The van der Waals surface area contributed by atoms with Crippen LogP contribution in [0.1, 0.15) is 28.8 Å². The topological polar surface area (TPSA) is 71.1 Å². The van der Waals surface area contributed by atoms with Crippen molar-refractivity contribution < 1.29 is 19.1 Å². The third-order valence-electron chi connectivity index (χ3n) is 5.94. The van der Waals surface area contributed by atoms with E-state index in [-0.39, 0.29) is 18.0 Å². The number of hydrogen-bond acceptors (Lipinski definition) is 4.